The van der Waals surface area contributed by atoms with Crippen molar-refractivity contribution in [1.29, 1.82) is 5.26 Å². The van der Waals surface area contributed by atoms with Gasteiger partial charge < -0.3 is 0 Å². The second kappa shape index (κ2) is 3.19. The molecular formula is C9H10Cl3N. The van der Waals surface area contributed by atoms with Crippen LogP contribution in [0.1, 0.15) is 19.3 Å². The Kier molecular flexibility index (Phi) is 2.43. The minimum Gasteiger partial charge on any atom is -0.195 e. The maximum Gasteiger partial charge on any atom is 0.207 e. The average molecular weight is 239 g/mol. The highest BCUT2D eigenvalue weighted by atomic mass is 35.5. The zero-order valence-corrected chi connectivity index (χ0v) is 9.28. The molecule has 2 aliphatic carbocycles. The molecule has 2 aliphatic rings. The van der Waals surface area contributed by atoms with Gasteiger partial charge in [-0.2, -0.15) is 5.26 Å². The summed E-state index contributed by atoms with van der Waals surface area (Å²) in [6.07, 6.45) is 3.40. The van der Waals surface area contributed by atoms with E-state index in [0.717, 1.165) is 12.8 Å². The van der Waals surface area contributed by atoms with Gasteiger partial charge in [0.05, 0.1) is 0 Å². The van der Waals surface area contributed by atoms with E-state index < -0.39 is 4.33 Å². The van der Waals surface area contributed by atoms with Crippen molar-refractivity contribution in [3.8, 4) is 6.07 Å². The number of nitrogens with zero attached hydrogens (tertiary/aromatic N) is 1. The summed E-state index contributed by atoms with van der Waals surface area (Å²) in [6, 6.07) is 1.94. The van der Waals surface area contributed by atoms with Gasteiger partial charge in [0, 0.05) is 11.3 Å². The Balaban J connectivity index is 2.22. The molecule has 0 aromatic carbocycles. The Morgan fingerprint density at radius 3 is 2.31 bits per heavy atom. The zero-order valence-electron chi connectivity index (χ0n) is 7.01. The predicted octanol–water partition coefficient (Wildman–Crippen LogP) is 3.34. The smallest absolute Gasteiger partial charge is 0.195 e. The van der Waals surface area contributed by atoms with Crippen molar-refractivity contribution in [3.63, 3.8) is 0 Å². The number of fused-ring (bicyclic) bond motifs is 2. The highest BCUT2D eigenvalue weighted by molar-refractivity contribution is 6.51. The van der Waals surface area contributed by atoms with Crippen LogP contribution in [0.25, 0.3) is 0 Å². The number of hydrogen-bond donors (Lipinski definition) is 0. The van der Waals surface area contributed by atoms with Gasteiger partial charge in [-0.3, -0.25) is 0 Å². The van der Waals surface area contributed by atoms with Gasteiger partial charge in [-0.15, -0.1) is 11.6 Å². The fourth-order valence-electron chi connectivity index (χ4n) is 2.79. The standard InChI is InChI=1S/C9H10Cl3N/c10-8-6-2-1-5(3-6)7(8)9(11,12)4-13/h5-8H,1-3H2. The summed E-state index contributed by atoms with van der Waals surface area (Å²) >= 11 is 18.1. The van der Waals surface area contributed by atoms with E-state index >= 15 is 0 Å². The van der Waals surface area contributed by atoms with Crippen molar-refractivity contribution in [2.24, 2.45) is 17.8 Å². The maximum absolute atomic E-state index is 8.83. The van der Waals surface area contributed by atoms with Crippen LogP contribution in [-0.2, 0) is 0 Å². The largest absolute Gasteiger partial charge is 0.207 e. The first-order chi connectivity index (χ1) is 6.06. The van der Waals surface area contributed by atoms with E-state index in [4.69, 9.17) is 40.1 Å². The van der Waals surface area contributed by atoms with Crippen LogP contribution in [0.3, 0.4) is 0 Å². The SMILES string of the molecule is N#CC(Cl)(Cl)C1C2CCC(C2)C1Cl. The number of halogens is 3. The molecule has 0 amide bonds. The minimum atomic E-state index is -1.29. The summed E-state index contributed by atoms with van der Waals surface area (Å²) in [5.74, 6) is 0.949. The van der Waals surface area contributed by atoms with E-state index in [1.807, 2.05) is 6.07 Å². The lowest BCUT2D eigenvalue weighted by Gasteiger charge is -2.31. The van der Waals surface area contributed by atoms with Crippen molar-refractivity contribution >= 4 is 34.8 Å². The molecule has 0 saturated heterocycles. The number of hydrogen-bond acceptors (Lipinski definition) is 1. The Morgan fingerprint density at radius 1 is 1.23 bits per heavy atom. The molecule has 4 unspecified atom stereocenters. The molecule has 1 nitrogen and oxygen atoms in total. The lowest BCUT2D eigenvalue weighted by molar-refractivity contribution is 0.333. The molecule has 2 bridgehead atoms. The third-order valence-electron chi connectivity index (χ3n) is 3.38. The van der Waals surface area contributed by atoms with Crippen LogP contribution >= 0.6 is 34.8 Å². The number of alkyl halides is 3. The Hall–Kier alpha value is 0.360. The summed E-state index contributed by atoms with van der Waals surface area (Å²) in [5, 5.41) is 8.82. The molecule has 0 spiro atoms. The van der Waals surface area contributed by atoms with Crippen LogP contribution in [0.15, 0.2) is 0 Å². The van der Waals surface area contributed by atoms with E-state index in [0.29, 0.717) is 11.8 Å². The zero-order chi connectivity index (χ0) is 9.64. The Labute approximate surface area is 92.9 Å². The summed E-state index contributed by atoms with van der Waals surface area (Å²) in [5.41, 5.74) is 0. The normalized spacial score (nSPS) is 43.5. The van der Waals surface area contributed by atoms with Gasteiger partial charge in [0.25, 0.3) is 0 Å². The van der Waals surface area contributed by atoms with E-state index in [1.165, 1.54) is 6.42 Å². The van der Waals surface area contributed by atoms with Crippen molar-refractivity contribution in [3.05, 3.63) is 0 Å². The molecule has 2 rings (SSSR count). The molecule has 0 heterocycles. The van der Waals surface area contributed by atoms with Crippen molar-refractivity contribution in [2.45, 2.75) is 29.0 Å². The minimum absolute atomic E-state index is 0.00611. The second-order valence-corrected chi connectivity index (χ2v) is 5.93. The molecule has 13 heavy (non-hydrogen) atoms. The third kappa shape index (κ3) is 1.44. The summed E-state index contributed by atoms with van der Waals surface area (Å²) in [7, 11) is 0. The van der Waals surface area contributed by atoms with Gasteiger partial charge in [-0.25, -0.2) is 0 Å². The molecule has 0 aromatic heterocycles. The van der Waals surface area contributed by atoms with Gasteiger partial charge in [0.1, 0.15) is 6.07 Å². The van der Waals surface area contributed by atoms with E-state index in [-0.39, 0.29) is 11.3 Å². The fourth-order valence-corrected chi connectivity index (χ4v) is 4.17. The summed E-state index contributed by atoms with van der Waals surface area (Å²) in [6.45, 7) is 0. The molecule has 4 atom stereocenters. The number of rotatable bonds is 1. The van der Waals surface area contributed by atoms with Gasteiger partial charge in [-0.1, -0.05) is 23.2 Å². The topological polar surface area (TPSA) is 23.8 Å². The molecule has 2 saturated carbocycles. The summed E-state index contributed by atoms with van der Waals surface area (Å²) in [4.78, 5) is 0. The molecule has 4 heteroatoms. The van der Waals surface area contributed by atoms with Gasteiger partial charge >= 0.3 is 0 Å². The van der Waals surface area contributed by atoms with Crippen LogP contribution in [0.2, 0.25) is 0 Å². The van der Waals surface area contributed by atoms with E-state index in [9.17, 15) is 0 Å². The van der Waals surface area contributed by atoms with Gasteiger partial charge in [-0.05, 0) is 31.1 Å². The highest BCUT2D eigenvalue weighted by Gasteiger charge is 2.55. The first-order valence-electron chi connectivity index (χ1n) is 4.49. The van der Waals surface area contributed by atoms with Crippen LogP contribution in [0.5, 0.6) is 0 Å². The number of nitriles is 1. The molecule has 72 valence electrons. The second-order valence-electron chi connectivity index (χ2n) is 4.04. The van der Waals surface area contributed by atoms with Crippen LogP contribution < -0.4 is 0 Å². The Bertz CT molecular complexity index is 256. The van der Waals surface area contributed by atoms with E-state index in [1.54, 1.807) is 0 Å². The molecular weight excluding hydrogens is 228 g/mol. The maximum atomic E-state index is 8.83. The van der Waals surface area contributed by atoms with E-state index in [2.05, 4.69) is 0 Å². The predicted molar refractivity (Wildman–Crippen MR) is 54.0 cm³/mol. The molecule has 0 aromatic rings. The van der Waals surface area contributed by atoms with Crippen molar-refractivity contribution in [2.75, 3.05) is 0 Å². The monoisotopic (exact) mass is 237 g/mol. The highest BCUT2D eigenvalue weighted by Crippen LogP contribution is 2.56. The molecule has 0 radical (unpaired) electrons. The average Bonchev–Trinajstić information content (AvgIpc) is 2.63. The van der Waals surface area contributed by atoms with Crippen molar-refractivity contribution < 1.29 is 0 Å². The van der Waals surface area contributed by atoms with Crippen LogP contribution in [0, 0.1) is 29.1 Å². The van der Waals surface area contributed by atoms with Crippen molar-refractivity contribution in [1.82, 2.24) is 0 Å². The summed E-state index contributed by atoms with van der Waals surface area (Å²) < 4.78 is -1.29. The third-order valence-corrected chi connectivity index (χ3v) is 4.68. The van der Waals surface area contributed by atoms with Crippen LogP contribution in [0.4, 0.5) is 0 Å². The first-order valence-corrected chi connectivity index (χ1v) is 5.68. The Morgan fingerprint density at radius 2 is 1.85 bits per heavy atom. The lowest BCUT2D eigenvalue weighted by Crippen LogP contribution is -2.36. The molecule has 0 aliphatic heterocycles. The van der Waals surface area contributed by atoms with Gasteiger partial charge in [0.2, 0.25) is 4.33 Å². The first kappa shape index (κ1) is 9.90. The lowest BCUT2D eigenvalue weighted by atomic mass is 9.86. The fraction of sp³-hybridized carbons (Fsp3) is 0.889. The van der Waals surface area contributed by atoms with Gasteiger partial charge in [0.15, 0.2) is 0 Å². The van der Waals surface area contributed by atoms with Crippen LogP contribution in [-0.4, -0.2) is 9.71 Å². The molecule has 2 fully saturated rings. The molecule has 0 N–H and O–H groups in total. The quantitative estimate of drug-likeness (QED) is 0.643.